The molecule has 1 aliphatic carbocycles. The van der Waals surface area contributed by atoms with Gasteiger partial charge >= 0.3 is 0 Å². The van der Waals surface area contributed by atoms with E-state index in [1.807, 2.05) is 5.92 Å². The second-order valence-electron chi connectivity index (χ2n) is 2.95. The fourth-order valence-corrected chi connectivity index (χ4v) is 1.35. The van der Waals surface area contributed by atoms with Gasteiger partial charge in [0.25, 0.3) is 0 Å². The molecule has 0 amide bonds. The van der Waals surface area contributed by atoms with Gasteiger partial charge in [0.15, 0.2) is 6.29 Å². The first-order valence-electron chi connectivity index (χ1n) is 4.04. The average molecular weight is 188 g/mol. The van der Waals surface area contributed by atoms with Gasteiger partial charge in [-0.15, -0.1) is 0 Å². The Labute approximate surface area is 79.7 Å². The Bertz CT molecular complexity index is 492. The van der Waals surface area contributed by atoms with Crippen molar-refractivity contribution in [2.45, 2.75) is 6.42 Å². The van der Waals surface area contributed by atoms with Crippen LogP contribution in [-0.2, 0) is 11.2 Å². The molecule has 0 saturated heterocycles. The van der Waals surface area contributed by atoms with Crippen molar-refractivity contribution >= 4 is 12.1 Å². The van der Waals surface area contributed by atoms with Gasteiger partial charge in [0.1, 0.15) is 5.82 Å². The van der Waals surface area contributed by atoms with Crippen LogP contribution >= 0.6 is 0 Å². The minimum absolute atomic E-state index is 0.278. The highest BCUT2D eigenvalue weighted by molar-refractivity contribution is 6.12. The van der Waals surface area contributed by atoms with Crippen LogP contribution in [0.2, 0.25) is 0 Å². The van der Waals surface area contributed by atoms with Crippen molar-refractivity contribution in [1.29, 1.82) is 0 Å². The predicted octanol–water partition coefficient (Wildman–Crippen LogP) is 1.11. The Balaban J connectivity index is 2.36. The average Bonchev–Trinajstić information content (AvgIpc) is 2.95. The second-order valence-corrected chi connectivity index (χ2v) is 2.95. The van der Waals surface area contributed by atoms with Crippen molar-refractivity contribution in [3.63, 3.8) is 0 Å². The van der Waals surface area contributed by atoms with Gasteiger partial charge in [-0.3, -0.25) is 9.59 Å². The molecule has 0 aliphatic heterocycles. The number of benzene rings is 1. The molecule has 0 heterocycles. The highest BCUT2D eigenvalue weighted by Gasteiger charge is 2.27. The molecule has 1 aliphatic rings. The number of carbonyl (C=O) groups excluding carboxylic acids is 2. The molecule has 1 aromatic carbocycles. The van der Waals surface area contributed by atoms with E-state index in [4.69, 9.17) is 0 Å². The van der Waals surface area contributed by atoms with E-state index in [-0.39, 0.29) is 5.82 Å². The first-order valence-corrected chi connectivity index (χ1v) is 4.04. The van der Waals surface area contributed by atoms with Crippen LogP contribution in [0, 0.1) is 17.7 Å². The summed E-state index contributed by atoms with van der Waals surface area (Å²) in [6, 6.07) is 2.66. The standard InChI is InChI=1S/C11H5FO2/c12-10-4-3-7(8-6-9(8)10)11(14)2-1-5-13/h3-5H,6H2. The predicted molar refractivity (Wildman–Crippen MR) is 47.4 cm³/mol. The third-order valence-corrected chi connectivity index (χ3v) is 2.09. The first kappa shape index (κ1) is 8.64. The molecule has 1 aromatic rings. The van der Waals surface area contributed by atoms with Crippen molar-refractivity contribution in [2.24, 2.45) is 0 Å². The van der Waals surface area contributed by atoms with Crippen molar-refractivity contribution in [1.82, 2.24) is 0 Å². The van der Waals surface area contributed by atoms with E-state index in [0.717, 1.165) is 5.56 Å². The number of ketones is 1. The van der Waals surface area contributed by atoms with Gasteiger partial charge in [0.05, 0.1) is 0 Å². The molecule has 0 unspecified atom stereocenters. The molecule has 0 saturated carbocycles. The number of hydrogen-bond acceptors (Lipinski definition) is 2. The zero-order chi connectivity index (χ0) is 10.1. The van der Waals surface area contributed by atoms with Crippen LogP contribution in [0.4, 0.5) is 4.39 Å². The van der Waals surface area contributed by atoms with Gasteiger partial charge in [0.2, 0.25) is 5.78 Å². The minimum Gasteiger partial charge on any atom is -0.289 e. The third-order valence-electron chi connectivity index (χ3n) is 2.09. The maximum absolute atomic E-state index is 12.9. The molecule has 3 heteroatoms. The maximum Gasteiger partial charge on any atom is 0.236 e. The summed E-state index contributed by atoms with van der Waals surface area (Å²) in [5, 5.41) is 0. The highest BCUT2D eigenvalue weighted by Crippen LogP contribution is 2.33. The molecule has 0 atom stereocenters. The van der Waals surface area contributed by atoms with E-state index < -0.39 is 5.78 Å². The summed E-state index contributed by atoms with van der Waals surface area (Å²) >= 11 is 0. The smallest absolute Gasteiger partial charge is 0.236 e. The lowest BCUT2D eigenvalue weighted by Crippen LogP contribution is -1.95. The van der Waals surface area contributed by atoms with Gasteiger partial charge < -0.3 is 0 Å². The number of fused-ring (bicyclic) bond motifs is 1. The lowest BCUT2D eigenvalue weighted by molar-refractivity contribution is -0.103. The first-order chi connectivity index (χ1) is 6.74. The summed E-state index contributed by atoms with van der Waals surface area (Å²) in [7, 11) is 0. The van der Waals surface area contributed by atoms with E-state index in [0.29, 0.717) is 23.8 Å². The lowest BCUT2D eigenvalue weighted by atomic mass is 10.1. The topological polar surface area (TPSA) is 34.1 Å². The molecular weight excluding hydrogens is 183 g/mol. The maximum atomic E-state index is 12.9. The Morgan fingerprint density at radius 2 is 2.21 bits per heavy atom. The molecule has 0 aromatic heterocycles. The van der Waals surface area contributed by atoms with Crippen LogP contribution in [0.3, 0.4) is 0 Å². The summed E-state index contributed by atoms with van der Waals surface area (Å²) in [6.45, 7) is 0. The summed E-state index contributed by atoms with van der Waals surface area (Å²) in [4.78, 5) is 21.2. The molecular formula is C11H5FO2. The molecule has 0 spiro atoms. The fraction of sp³-hybridized carbons (Fsp3) is 0.0909. The van der Waals surface area contributed by atoms with E-state index in [9.17, 15) is 14.0 Å². The van der Waals surface area contributed by atoms with Crippen LogP contribution in [0.1, 0.15) is 21.5 Å². The SMILES string of the molecule is O=CC#CC(=O)c1ccc(F)c2c1C2. The summed E-state index contributed by atoms with van der Waals surface area (Å²) in [5.74, 6) is 3.50. The van der Waals surface area contributed by atoms with Gasteiger partial charge in [-0.2, -0.15) is 0 Å². The largest absolute Gasteiger partial charge is 0.289 e. The third kappa shape index (κ3) is 1.31. The minimum atomic E-state index is -0.425. The monoisotopic (exact) mass is 188 g/mol. The zero-order valence-electron chi connectivity index (χ0n) is 7.13. The normalized spacial score (nSPS) is 10.9. The van der Waals surface area contributed by atoms with E-state index in [1.54, 1.807) is 0 Å². The number of carbonyl (C=O) groups is 2. The summed E-state index contributed by atoms with van der Waals surface area (Å²) in [6.07, 6.45) is 0.878. The van der Waals surface area contributed by atoms with Gasteiger partial charge in [-0.05, 0) is 35.1 Å². The van der Waals surface area contributed by atoms with Crippen LogP contribution < -0.4 is 0 Å². The van der Waals surface area contributed by atoms with Gasteiger partial charge in [-0.25, -0.2) is 4.39 Å². The van der Waals surface area contributed by atoms with Gasteiger partial charge in [0, 0.05) is 12.0 Å². The Kier molecular flexibility index (Phi) is 1.90. The number of hydrogen-bond donors (Lipinski definition) is 0. The van der Waals surface area contributed by atoms with Gasteiger partial charge in [-0.1, -0.05) is 0 Å². The number of halogens is 1. The molecule has 0 radical (unpaired) electrons. The van der Waals surface area contributed by atoms with Crippen LogP contribution in [0.15, 0.2) is 12.1 Å². The molecule has 68 valence electrons. The molecule has 0 N–H and O–H groups in total. The number of rotatable bonds is 1. The fourth-order valence-electron chi connectivity index (χ4n) is 1.35. The van der Waals surface area contributed by atoms with Crippen molar-refractivity contribution in [2.75, 3.05) is 0 Å². The Morgan fingerprint density at radius 3 is 2.93 bits per heavy atom. The Hall–Kier alpha value is -1.95. The molecule has 0 fully saturated rings. The van der Waals surface area contributed by atoms with Crippen molar-refractivity contribution in [3.05, 3.63) is 34.6 Å². The summed E-state index contributed by atoms with van der Waals surface area (Å²) < 4.78 is 12.9. The summed E-state index contributed by atoms with van der Waals surface area (Å²) in [5.41, 5.74) is 1.72. The number of Topliss-reactive ketones (excluding diaryl/α,β-unsaturated/α-hetero) is 1. The lowest BCUT2D eigenvalue weighted by Gasteiger charge is -1.91. The quantitative estimate of drug-likeness (QED) is 0.291. The molecule has 0 bridgehead atoms. The molecule has 2 rings (SSSR count). The second kappa shape index (κ2) is 3.08. The molecule has 2 nitrogen and oxygen atoms in total. The van der Waals surface area contributed by atoms with E-state index >= 15 is 0 Å². The van der Waals surface area contributed by atoms with Crippen LogP contribution in [0.25, 0.3) is 0 Å². The van der Waals surface area contributed by atoms with Crippen LogP contribution in [0.5, 0.6) is 0 Å². The van der Waals surface area contributed by atoms with Crippen molar-refractivity contribution in [3.8, 4) is 11.8 Å². The highest BCUT2D eigenvalue weighted by atomic mass is 19.1. The number of aldehydes is 1. The van der Waals surface area contributed by atoms with E-state index in [1.165, 1.54) is 12.1 Å². The molecule has 14 heavy (non-hydrogen) atoms. The van der Waals surface area contributed by atoms with Crippen molar-refractivity contribution < 1.29 is 14.0 Å². The zero-order valence-corrected chi connectivity index (χ0v) is 7.13. The van der Waals surface area contributed by atoms with Crippen LogP contribution in [-0.4, -0.2) is 12.1 Å². The Morgan fingerprint density at radius 1 is 1.43 bits per heavy atom. The van der Waals surface area contributed by atoms with E-state index in [2.05, 4.69) is 5.92 Å².